The smallest absolute Gasteiger partial charge is 0.254 e. The van der Waals surface area contributed by atoms with E-state index in [1.165, 1.54) is 0 Å². The first-order chi connectivity index (χ1) is 14.6. The lowest BCUT2D eigenvalue weighted by molar-refractivity contribution is -0.0586. The highest BCUT2D eigenvalue weighted by molar-refractivity contribution is 7.93. The van der Waals surface area contributed by atoms with Gasteiger partial charge < -0.3 is 15.0 Å². The SMILES string of the molecule is CC1CN(C(=O)c2ccc(NCc3ccc(NS(=O)(=O)C(C)C)cc3)cc2)CC(C)O1. The number of anilines is 2. The Bertz CT molecular complexity index is 978. The lowest BCUT2D eigenvalue weighted by Crippen LogP contribution is -2.48. The zero-order chi connectivity index (χ0) is 22.6. The van der Waals surface area contributed by atoms with Crippen molar-refractivity contribution < 1.29 is 17.9 Å². The van der Waals surface area contributed by atoms with E-state index in [1.807, 2.05) is 55.1 Å². The second kappa shape index (κ2) is 9.70. The molecule has 1 aliphatic heterocycles. The molecule has 3 rings (SSSR count). The molecule has 0 radical (unpaired) electrons. The highest BCUT2D eigenvalue weighted by Crippen LogP contribution is 2.18. The van der Waals surface area contributed by atoms with Crippen molar-refractivity contribution in [3.63, 3.8) is 0 Å². The standard InChI is InChI=1S/C23H31N3O4S/c1-16(2)31(28,29)25-22-9-5-19(6-10-22)13-24-21-11-7-20(8-12-21)23(27)26-14-17(3)30-18(4)15-26/h5-12,16-18,24-25H,13-15H2,1-4H3. The summed E-state index contributed by atoms with van der Waals surface area (Å²) < 4.78 is 32.2. The van der Waals surface area contributed by atoms with Gasteiger partial charge in [-0.15, -0.1) is 0 Å². The zero-order valence-corrected chi connectivity index (χ0v) is 19.3. The molecule has 1 amide bonds. The molecule has 2 aromatic rings. The molecule has 31 heavy (non-hydrogen) atoms. The van der Waals surface area contributed by atoms with Crippen LogP contribution in [0.2, 0.25) is 0 Å². The summed E-state index contributed by atoms with van der Waals surface area (Å²) in [6.07, 6.45) is 0.0846. The van der Waals surface area contributed by atoms with Crippen LogP contribution < -0.4 is 10.0 Å². The molecule has 2 atom stereocenters. The summed E-state index contributed by atoms with van der Waals surface area (Å²) in [4.78, 5) is 14.6. The van der Waals surface area contributed by atoms with Crippen LogP contribution in [-0.2, 0) is 21.3 Å². The van der Waals surface area contributed by atoms with Gasteiger partial charge in [0.25, 0.3) is 5.91 Å². The lowest BCUT2D eigenvalue weighted by Gasteiger charge is -2.35. The molecule has 1 saturated heterocycles. The predicted octanol–water partition coefficient (Wildman–Crippen LogP) is 3.70. The van der Waals surface area contributed by atoms with Crippen LogP contribution >= 0.6 is 0 Å². The quantitative estimate of drug-likeness (QED) is 0.679. The molecule has 0 aliphatic carbocycles. The van der Waals surface area contributed by atoms with Crippen LogP contribution in [0.4, 0.5) is 11.4 Å². The number of nitrogens with one attached hydrogen (secondary N) is 2. The average Bonchev–Trinajstić information content (AvgIpc) is 2.72. The van der Waals surface area contributed by atoms with E-state index in [-0.39, 0.29) is 18.1 Å². The summed E-state index contributed by atoms with van der Waals surface area (Å²) in [5.41, 5.74) is 3.13. The minimum absolute atomic E-state index is 0.0213. The van der Waals surface area contributed by atoms with Crippen molar-refractivity contribution >= 4 is 27.3 Å². The van der Waals surface area contributed by atoms with Gasteiger partial charge in [-0.05, 0) is 69.7 Å². The summed E-state index contributed by atoms with van der Waals surface area (Å²) >= 11 is 0. The topological polar surface area (TPSA) is 87.7 Å². The van der Waals surface area contributed by atoms with Crippen LogP contribution in [-0.4, -0.2) is 49.8 Å². The van der Waals surface area contributed by atoms with Crippen LogP contribution in [0.5, 0.6) is 0 Å². The Morgan fingerprint density at radius 1 is 1.00 bits per heavy atom. The van der Waals surface area contributed by atoms with E-state index < -0.39 is 15.3 Å². The summed E-state index contributed by atoms with van der Waals surface area (Å²) in [6.45, 7) is 9.04. The number of nitrogens with zero attached hydrogens (tertiary/aromatic N) is 1. The van der Waals surface area contributed by atoms with Crippen LogP contribution in [0, 0.1) is 0 Å². The third-order valence-corrected chi connectivity index (χ3v) is 6.93. The van der Waals surface area contributed by atoms with Gasteiger partial charge in [-0.1, -0.05) is 12.1 Å². The van der Waals surface area contributed by atoms with Crippen LogP contribution in [0.1, 0.15) is 43.6 Å². The number of ether oxygens (including phenoxy) is 1. The molecule has 1 heterocycles. The Balaban J connectivity index is 1.55. The molecule has 1 fully saturated rings. The molecule has 2 unspecified atom stereocenters. The maximum atomic E-state index is 12.8. The molecular weight excluding hydrogens is 414 g/mol. The van der Waals surface area contributed by atoms with E-state index in [4.69, 9.17) is 4.74 Å². The van der Waals surface area contributed by atoms with Crippen LogP contribution in [0.15, 0.2) is 48.5 Å². The summed E-state index contributed by atoms with van der Waals surface area (Å²) in [6, 6.07) is 14.7. The third kappa shape index (κ3) is 6.21. The van der Waals surface area contributed by atoms with Crippen molar-refractivity contribution in [2.75, 3.05) is 23.1 Å². The highest BCUT2D eigenvalue weighted by atomic mass is 32.2. The molecule has 7 nitrogen and oxygen atoms in total. The van der Waals surface area contributed by atoms with Gasteiger partial charge in [-0.25, -0.2) is 8.42 Å². The zero-order valence-electron chi connectivity index (χ0n) is 18.5. The van der Waals surface area contributed by atoms with Gasteiger partial charge in [0.1, 0.15) is 0 Å². The van der Waals surface area contributed by atoms with Crippen molar-refractivity contribution in [3.8, 4) is 0 Å². The van der Waals surface area contributed by atoms with E-state index in [9.17, 15) is 13.2 Å². The van der Waals surface area contributed by atoms with Gasteiger partial charge in [0.2, 0.25) is 10.0 Å². The summed E-state index contributed by atoms with van der Waals surface area (Å²) in [5.74, 6) is 0.0213. The fourth-order valence-electron chi connectivity index (χ4n) is 3.43. The number of hydrogen-bond donors (Lipinski definition) is 2. The molecule has 8 heteroatoms. The van der Waals surface area contributed by atoms with Crippen molar-refractivity contribution in [1.82, 2.24) is 4.90 Å². The van der Waals surface area contributed by atoms with Gasteiger partial charge in [-0.3, -0.25) is 9.52 Å². The van der Waals surface area contributed by atoms with Gasteiger partial charge >= 0.3 is 0 Å². The van der Waals surface area contributed by atoms with Crippen LogP contribution in [0.3, 0.4) is 0 Å². The number of carbonyl (C=O) groups is 1. The first-order valence-corrected chi connectivity index (χ1v) is 12.1. The number of benzene rings is 2. The van der Waals surface area contributed by atoms with Gasteiger partial charge in [0, 0.05) is 36.6 Å². The second-order valence-corrected chi connectivity index (χ2v) is 10.5. The van der Waals surface area contributed by atoms with E-state index >= 15 is 0 Å². The fourth-order valence-corrected chi connectivity index (χ4v) is 4.13. The third-order valence-electron chi connectivity index (χ3n) is 5.17. The molecule has 168 valence electrons. The molecule has 0 bridgehead atoms. The summed E-state index contributed by atoms with van der Waals surface area (Å²) in [5, 5.41) is 2.84. The predicted molar refractivity (Wildman–Crippen MR) is 124 cm³/mol. The number of carbonyl (C=O) groups excluding carboxylic acids is 1. The van der Waals surface area contributed by atoms with Crippen molar-refractivity contribution in [3.05, 3.63) is 59.7 Å². The number of hydrogen-bond acceptors (Lipinski definition) is 5. The van der Waals surface area contributed by atoms with Gasteiger partial charge in [0.15, 0.2) is 0 Å². The van der Waals surface area contributed by atoms with Crippen molar-refractivity contribution in [2.45, 2.75) is 51.7 Å². The maximum absolute atomic E-state index is 12.8. The van der Waals surface area contributed by atoms with E-state index in [0.29, 0.717) is 30.9 Å². The van der Waals surface area contributed by atoms with E-state index in [2.05, 4.69) is 10.0 Å². The molecule has 2 N–H and O–H groups in total. The Kier molecular flexibility index (Phi) is 7.23. The molecule has 0 spiro atoms. The van der Waals surface area contributed by atoms with Crippen molar-refractivity contribution in [2.24, 2.45) is 0 Å². The molecule has 0 saturated carbocycles. The van der Waals surface area contributed by atoms with Crippen molar-refractivity contribution in [1.29, 1.82) is 0 Å². The minimum atomic E-state index is -3.35. The lowest BCUT2D eigenvalue weighted by atomic mass is 10.1. The molecule has 0 aromatic heterocycles. The first-order valence-electron chi connectivity index (χ1n) is 10.5. The average molecular weight is 446 g/mol. The minimum Gasteiger partial charge on any atom is -0.381 e. The highest BCUT2D eigenvalue weighted by Gasteiger charge is 2.26. The number of amides is 1. The number of rotatable bonds is 7. The maximum Gasteiger partial charge on any atom is 0.254 e. The Morgan fingerprint density at radius 2 is 1.55 bits per heavy atom. The molecular formula is C23H31N3O4S. The normalized spacial score (nSPS) is 19.3. The number of morpholine rings is 1. The fraction of sp³-hybridized carbons (Fsp3) is 0.435. The van der Waals surface area contributed by atoms with E-state index in [1.54, 1.807) is 26.0 Å². The summed E-state index contributed by atoms with van der Waals surface area (Å²) in [7, 11) is -3.35. The first kappa shape index (κ1) is 23.1. The molecule has 1 aliphatic rings. The van der Waals surface area contributed by atoms with Gasteiger partial charge in [0.05, 0.1) is 17.5 Å². The number of sulfonamides is 1. The largest absolute Gasteiger partial charge is 0.381 e. The Labute approximate surface area is 184 Å². The van der Waals surface area contributed by atoms with Crippen LogP contribution in [0.25, 0.3) is 0 Å². The Hall–Kier alpha value is -2.58. The Morgan fingerprint density at radius 3 is 2.10 bits per heavy atom. The van der Waals surface area contributed by atoms with E-state index in [0.717, 1.165) is 11.3 Å². The second-order valence-electron chi connectivity index (χ2n) is 8.29. The van der Waals surface area contributed by atoms with Gasteiger partial charge in [-0.2, -0.15) is 0 Å². The molecule has 2 aromatic carbocycles. The monoisotopic (exact) mass is 445 g/mol.